The van der Waals surface area contributed by atoms with Crippen LogP contribution in [0, 0.1) is 0 Å². The molecule has 0 bridgehead atoms. The summed E-state index contributed by atoms with van der Waals surface area (Å²) in [5.41, 5.74) is 0.940. The Labute approximate surface area is 85.9 Å². The van der Waals surface area contributed by atoms with Gasteiger partial charge in [0.15, 0.2) is 16.1 Å². The molecule has 13 heavy (non-hydrogen) atoms. The Morgan fingerprint density at radius 2 is 2.31 bits per heavy atom. The summed E-state index contributed by atoms with van der Waals surface area (Å²) in [5, 5.41) is 1.16. The van der Waals surface area contributed by atoms with Crippen LogP contribution < -0.4 is 4.74 Å². The Morgan fingerprint density at radius 1 is 1.46 bits per heavy atom. The van der Waals surface area contributed by atoms with Gasteiger partial charge in [-0.05, 0) is 19.1 Å². The normalized spacial score (nSPS) is 14.9. The molecule has 0 spiro atoms. The van der Waals surface area contributed by atoms with Crippen molar-refractivity contribution in [2.75, 3.05) is 12.9 Å². The van der Waals surface area contributed by atoms with Crippen LogP contribution in [0.15, 0.2) is 5.16 Å². The van der Waals surface area contributed by atoms with Crippen molar-refractivity contribution in [2.24, 2.45) is 0 Å². The van der Waals surface area contributed by atoms with Gasteiger partial charge >= 0.3 is 0 Å². The molecule has 3 nitrogen and oxygen atoms in total. The van der Waals surface area contributed by atoms with Crippen molar-refractivity contribution in [1.29, 1.82) is 0 Å². The fraction of sp³-hybridized carbons (Fsp3) is 0.500. The van der Waals surface area contributed by atoms with E-state index < -0.39 is 0 Å². The molecular formula is C8H9ClN2OS. The molecule has 0 unspecified atom stereocenters. The Hall–Kier alpha value is -0.480. The summed E-state index contributed by atoms with van der Waals surface area (Å²) in [7, 11) is 0. The van der Waals surface area contributed by atoms with Gasteiger partial charge in [0, 0.05) is 0 Å². The maximum absolute atomic E-state index is 5.94. The third kappa shape index (κ3) is 1.74. The first-order valence-electron chi connectivity index (χ1n) is 4.04. The van der Waals surface area contributed by atoms with Gasteiger partial charge in [0.2, 0.25) is 0 Å². The number of hydrogen-bond acceptors (Lipinski definition) is 4. The standard InChI is InChI=1S/C8H9ClN2OS/c1-13-8-10-5-3-2-4-12-6(5)7(9)11-8/h2-4H2,1H3. The van der Waals surface area contributed by atoms with Crippen LogP contribution in [0.2, 0.25) is 5.15 Å². The molecule has 70 valence electrons. The summed E-state index contributed by atoms with van der Waals surface area (Å²) in [5.74, 6) is 0.672. The third-order valence-electron chi connectivity index (χ3n) is 1.86. The molecule has 0 fully saturated rings. The van der Waals surface area contributed by atoms with Crippen LogP contribution in [0.1, 0.15) is 12.1 Å². The molecule has 0 saturated carbocycles. The number of hydrogen-bond donors (Lipinski definition) is 0. The van der Waals surface area contributed by atoms with Crippen molar-refractivity contribution < 1.29 is 4.74 Å². The van der Waals surface area contributed by atoms with Crippen LogP contribution in [0.3, 0.4) is 0 Å². The molecule has 0 aromatic carbocycles. The van der Waals surface area contributed by atoms with Gasteiger partial charge < -0.3 is 4.74 Å². The van der Waals surface area contributed by atoms with Crippen molar-refractivity contribution in [3.8, 4) is 5.75 Å². The summed E-state index contributed by atoms with van der Waals surface area (Å²) < 4.78 is 5.39. The van der Waals surface area contributed by atoms with E-state index in [1.54, 1.807) is 0 Å². The maximum Gasteiger partial charge on any atom is 0.189 e. The van der Waals surface area contributed by atoms with Crippen molar-refractivity contribution in [3.63, 3.8) is 0 Å². The van der Waals surface area contributed by atoms with Crippen molar-refractivity contribution in [3.05, 3.63) is 10.8 Å². The molecule has 1 aliphatic rings. The predicted octanol–water partition coefficient (Wildman–Crippen LogP) is 2.18. The van der Waals surface area contributed by atoms with E-state index in [0.717, 1.165) is 18.5 Å². The van der Waals surface area contributed by atoms with Crippen molar-refractivity contribution in [2.45, 2.75) is 18.0 Å². The maximum atomic E-state index is 5.94. The van der Waals surface area contributed by atoms with Gasteiger partial charge in [0.25, 0.3) is 0 Å². The van der Waals surface area contributed by atoms with Gasteiger partial charge in [-0.3, -0.25) is 0 Å². The van der Waals surface area contributed by atoms with Gasteiger partial charge in [-0.2, -0.15) is 0 Å². The van der Waals surface area contributed by atoms with E-state index in [2.05, 4.69) is 9.97 Å². The van der Waals surface area contributed by atoms with E-state index in [9.17, 15) is 0 Å². The quantitative estimate of drug-likeness (QED) is 0.410. The summed E-state index contributed by atoms with van der Waals surface area (Å²) in [6, 6.07) is 0. The number of aryl methyl sites for hydroxylation is 1. The highest BCUT2D eigenvalue weighted by Crippen LogP contribution is 2.31. The Kier molecular flexibility index (Phi) is 2.60. The lowest BCUT2D eigenvalue weighted by Crippen LogP contribution is -2.11. The largest absolute Gasteiger partial charge is 0.488 e. The molecule has 1 aliphatic heterocycles. The molecule has 0 aliphatic carbocycles. The number of fused-ring (bicyclic) bond motifs is 1. The molecule has 2 rings (SSSR count). The van der Waals surface area contributed by atoms with E-state index >= 15 is 0 Å². The summed E-state index contributed by atoms with van der Waals surface area (Å²) >= 11 is 7.43. The molecular weight excluding hydrogens is 208 g/mol. The topological polar surface area (TPSA) is 35.0 Å². The fourth-order valence-corrected chi connectivity index (χ4v) is 1.94. The molecule has 0 radical (unpaired) electrons. The minimum atomic E-state index is 0.439. The lowest BCUT2D eigenvalue weighted by Gasteiger charge is -2.16. The first kappa shape index (κ1) is 9.09. The highest BCUT2D eigenvalue weighted by atomic mass is 35.5. The molecule has 0 saturated heterocycles. The van der Waals surface area contributed by atoms with Crippen molar-refractivity contribution in [1.82, 2.24) is 9.97 Å². The number of thioether (sulfide) groups is 1. The van der Waals surface area contributed by atoms with E-state index in [1.807, 2.05) is 6.26 Å². The summed E-state index contributed by atoms with van der Waals surface area (Å²) in [4.78, 5) is 8.43. The lowest BCUT2D eigenvalue weighted by atomic mass is 10.2. The number of aromatic nitrogens is 2. The molecule has 0 amide bonds. The molecule has 0 N–H and O–H groups in total. The second-order valence-corrected chi connectivity index (χ2v) is 3.86. The molecule has 5 heteroatoms. The molecule has 0 atom stereocenters. The predicted molar refractivity (Wildman–Crippen MR) is 52.6 cm³/mol. The van der Waals surface area contributed by atoms with Gasteiger partial charge in [-0.25, -0.2) is 9.97 Å². The average molecular weight is 217 g/mol. The summed E-state index contributed by atoms with van der Waals surface area (Å²) in [6.45, 7) is 0.717. The number of rotatable bonds is 1. The number of halogens is 1. The van der Waals surface area contributed by atoms with Gasteiger partial charge in [-0.1, -0.05) is 23.4 Å². The Bertz CT molecular complexity index is 332. The monoisotopic (exact) mass is 216 g/mol. The first-order chi connectivity index (χ1) is 6.31. The zero-order chi connectivity index (χ0) is 9.26. The highest BCUT2D eigenvalue weighted by molar-refractivity contribution is 7.98. The van der Waals surface area contributed by atoms with E-state index in [-0.39, 0.29) is 0 Å². The smallest absolute Gasteiger partial charge is 0.189 e. The highest BCUT2D eigenvalue weighted by Gasteiger charge is 2.17. The first-order valence-corrected chi connectivity index (χ1v) is 5.64. The van der Waals surface area contributed by atoms with Crippen LogP contribution in [0.4, 0.5) is 0 Å². The second kappa shape index (κ2) is 3.72. The molecule has 1 aromatic heterocycles. The van der Waals surface area contributed by atoms with Crippen LogP contribution in [-0.2, 0) is 6.42 Å². The Balaban J connectivity index is 2.47. The molecule has 1 aromatic rings. The zero-order valence-electron chi connectivity index (χ0n) is 7.21. The van der Waals surface area contributed by atoms with Crippen LogP contribution in [0.25, 0.3) is 0 Å². The Morgan fingerprint density at radius 3 is 3.08 bits per heavy atom. The van der Waals surface area contributed by atoms with E-state index in [0.29, 0.717) is 22.7 Å². The van der Waals surface area contributed by atoms with Gasteiger partial charge in [-0.15, -0.1) is 0 Å². The summed E-state index contributed by atoms with van der Waals surface area (Å²) in [6.07, 6.45) is 3.88. The lowest BCUT2D eigenvalue weighted by molar-refractivity contribution is 0.282. The molecule has 2 heterocycles. The minimum Gasteiger partial charge on any atom is -0.488 e. The second-order valence-electron chi connectivity index (χ2n) is 2.73. The number of nitrogens with zero attached hydrogens (tertiary/aromatic N) is 2. The number of ether oxygens (including phenoxy) is 1. The van der Waals surface area contributed by atoms with Crippen LogP contribution in [0.5, 0.6) is 5.75 Å². The van der Waals surface area contributed by atoms with E-state index in [1.165, 1.54) is 11.8 Å². The van der Waals surface area contributed by atoms with Crippen molar-refractivity contribution >= 4 is 23.4 Å². The van der Waals surface area contributed by atoms with Crippen LogP contribution in [-0.4, -0.2) is 22.8 Å². The van der Waals surface area contributed by atoms with Gasteiger partial charge in [0.1, 0.15) is 0 Å². The van der Waals surface area contributed by atoms with E-state index in [4.69, 9.17) is 16.3 Å². The van der Waals surface area contributed by atoms with Gasteiger partial charge in [0.05, 0.1) is 12.3 Å². The average Bonchev–Trinajstić information content (AvgIpc) is 2.18. The van der Waals surface area contributed by atoms with Crippen LogP contribution >= 0.6 is 23.4 Å². The SMILES string of the molecule is CSc1nc(Cl)c2c(n1)CCCO2. The third-order valence-corrected chi connectivity index (χ3v) is 2.66. The fourth-order valence-electron chi connectivity index (χ4n) is 1.26. The zero-order valence-corrected chi connectivity index (χ0v) is 8.78. The minimum absolute atomic E-state index is 0.439.